The number of carboxylic acid groups (broad SMARTS) is 1. The van der Waals surface area contributed by atoms with E-state index in [4.69, 9.17) is 9.76 Å². The van der Waals surface area contributed by atoms with Gasteiger partial charge in [-0.3, -0.25) is 4.79 Å². The van der Waals surface area contributed by atoms with Gasteiger partial charge in [-0.05, 0) is 23.0 Å². The first-order chi connectivity index (χ1) is 7.61. The minimum atomic E-state index is -0.995. The van der Waals surface area contributed by atoms with Gasteiger partial charge in [0.25, 0.3) is 0 Å². The predicted molar refractivity (Wildman–Crippen MR) is 59.5 cm³/mol. The molecule has 2 rings (SSSR count). The number of carboxylic acids is 1. The summed E-state index contributed by atoms with van der Waals surface area (Å²) < 4.78 is 5.22. The molecule has 1 aliphatic rings. The van der Waals surface area contributed by atoms with Crippen molar-refractivity contribution in [2.24, 2.45) is 0 Å². The van der Waals surface area contributed by atoms with Gasteiger partial charge in [0.1, 0.15) is 0 Å². The molecule has 1 aromatic rings. The van der Waals surface area contributed by atoms with Crippen LogP contribution in [0.4, 0.5) is 0 Å². The van der Waals surface area contributed by atoms with E-state index in [1.54, 1.807) is 0 Å². The Kier molecular flexibility index (Phi) is 2.98. The van der Waals surface area contributed by atoms with Crippen LogP contribution < -0.4 is 5.46 Å². The third kappa shape index (κ3) is 1.96. The zero-order chi connectivity index (χ0) is 11.7. The summed E-state index contributed by atoms with van der Waals surface area (Å²) >= 11 is 0. The summed E-state index contributed by atoms with van der Waals surface area (Å²) in [6.45, 7) is 2.03. The van der Waals surface area contributed by atoms with E-state index in [0.717, 1.165) is 17.5 Å². The second-order valence-corrected chi connectivity index (χ2v) is 3.89. The van der Waals surface area contributed by atoms with Crippen LogP contribution in [0.1, 0.15) is 30.6 Å². The second-order valence-electron chi connectivity index (χ2n) is 3.89. The van der Waals surface area contributed by atoms with E-state index in [0.29, 0.717) is 5.46 Å². The van der Waals surface area contributed by atoms with Crippen LogP contribution in [0.3, 0.4) is 0 Å². The summed E-state index contributed by atoms with van der Waals surface area (Å²) in [6.07, 6.45) is 0.229. The first-order valence-electron chi connectivity index (χ1n) is 5.30. The average Bonchev–Trinajstić information content (AvgIpc) is 2.54. The Morgan fingerprint density at radius 3 is 2.94 bits per heavy atom. The summed E-state index contributed by atoms with van der Waals surface area (Å²) in [6, 6.07) is 5.66. The number of rotatable bonds is 3. The van der Waals surface area contributed by atoms with Crippen molar-refractivity contribution in [3.63, 3.8) is 0 Å². The summed E-state index contributed by atoms with van der Waals surface area (Å²) in [7, 11) is -0.995. The molecule has 0 saturated heterocycles. The first-order valence-corrected chi connectivity index (χ1v) is 5.30. The molecule has 0 fully saturated rings. The topological polar surface area (TPSA) is 66.8 Å². The van der Waals surface area contributed by atoms with Crippen LogP contribution in [0, 0.1) is 0 Å². The Morgan fingerprint density at radius 1 is 1.56 bits per heavy atom. The van der Waals surface area contributed by atoms with Crippen LogP contribution in [0.2, 0.25) is 0 Å². The molecule has 84 valence electrons. The molecule has 0 aromatic heterocycles. The van der Waals surface area contributed by atoms with E-state index in [2.05, 4.69) is 0 Å². The van der Waals surface area contributed by atoms with Crippen LogP contribution in [0.25, 0.3) is 0 Å². The fraction of sp³-hybridized carbons (Fsp3) is 0.364. The number of carbonyl (C=O) groups is 1. The Labute approximate surface area is 94.0 Å². The fourth-order valence-electron chi connectivity index (χ4n) is 1.97. The van der Waals surface area contributed by atoms with Crippen LogP contribution >= 0.6 is 0 Å². The molecule has 0 amide bonds. The van der Waals surface area contributed by atoms with Crippen LogP contribution in [-0.4, -0.2) is 23.2 Å². The molecule has 0 spiro atoms. The van der Waals surface area contributed by atoms with Crippen molar-refractivity contribution in [1.29, 1.82) is 0 Å². The van der Waals surface area contributed by atoms with Gasteiger partial charge in [-0.2, -0.15) is 0 Å². The van der Waals surface area contributed by atoms with Gasteiger partial charge in [-0.25, -0.2) is 0 Å². The molecule has 1 unspecified atom stereocenters. The zero-order valence-corrected chi connectivity index (χ0v) is 9.01. The van der Waals surface area contributed by atoms with Crippen LogP contribution in [0.15, 0.2) is 18.2 Å². The van der Waals surface area contributed by atoms with E-state index in [1.165, 1.54) is 0 Å². The van der Waals surface area contributed by atoms with Gasteiger partial charge in [0.05, 0.1) is 12.5 Å². The SMILES string of the molecule is CCc1ccc2c(c1)B(O)OC2CC(=O)O. The Bertz CT molecular complexity index is 418. The zero-order valence-electron chi connectivity index (χ0n) is 9.01. The highest BCUT2D eigenvalue weighted by Gasteiger charge is 2.35. The molecule has 16 heavy (non-hydrogen) atoms. The van der Waals surface area contributed by atoms with Crippen LogP contribution in [0.5, 0.6) is 0 Å². The van der Waals surface area contributed by atoms with Crippen molar-refractivity contribution >= 4 is 18.6 Å². The standard InChI is InChI=1S/C11H13BO4/c1-2-7-3-4-8-9(5-7)12(15)16-10(8)6-11(13)14/h3-5,10,15H,2,6H2,1H3,(H,13,14). The van der Waals surface area contributed by atoms with Crippen molar-refractivity contribution in [2.75, 3.05) is 0 Å². The fourth-order valence-corrected chi connectivity index (χ4v) is 1.97. The first kappa shape index (κ1) is 11.2. The molecule has 0 saturated carbocycles. The molecule has 1 aliphatic heterocycles. The number of aryl methyl sites for hydroxylation is 1. The number of aliphatic carboxylic acids is 1. The van der Waals surface area contributed by atoms with Crippen molar-refractivity contribution in [1.82, 2.24) is 0 Å². The largest absolute Gasteiger partial charge is 0.492 e. The lowest BCUT2D eigenvalue weighted by Gasteiger charge is -2.08. The molecule has 0 bridgehead atoms. The summed E-state index contributed by atoms with van der Waals surface area (Å²) in [5.41, 5.74) is 2.59. The van der Waals surface area contributed by atoms with E-state index < -0.39 is 19.2 Å². The minimum Gasteiger partial charge on any atom is -0.481 e. The monoisotopic (exact) mass is 220 g/mol. The van der Waals surface area contributed by atoms with E-state index in [9.17, 15) is 9.82 Å². The quantitative estimate of drug-likeness (QED) is 0.727. The number of hydrogen-bond donors (Lipinski definition) is 2. The summed E-state index contributed by atoms with van der Waals surface area (Å²) in [5, 5.41) is 18.4. The highest BCUT2D eigenvalue weighted by molar-refractivity contribution is 6.61. The van der Waals surface area contributed by atoms with Gasteiger partial charge in [0, 0.05) is 0 Å². The predicted octanol–water partition coefficient (Wildman–Crippen LogP) is 0.482. The van der Waals surface area contributed by atoms with Gasteiger partial charge >= 0.3 is 13.1 Å². The Hall–Kier alpha value is -1.33. The molecular formula is C11H13BO4. The lowest BCUT2D eigenvalue weighted by atomic mass is 9.78. The maximum Gasteiger partial charge on any atom is 0.492 e. The molecule has 4 nitrogen and oxygen atoms in total. The maximum atomic E-state index is 10.6. The smallest absolute Gasteiger partial charge is 0.481 e. The van der Waals surface area contributed by atoms with E-state index in [-0.39, 0.29) is 6.42 Å². The van der Waals surface area contributed by atoms with E-state index in [1.807, 2.05) is 25.1 Å². The van der Waals surface area contributed by atoms with Gasteiger partial charge in [0.15, 0.2) is 0 Å². The lowest BCUT2D eigenvalue weighted by Crippen LogP contribution is -2.28. The highest BCUT2D eigenvalue weighted by atomic mass is 16.5. The molecule has 0 radical (unpaired) electrons. The van der Waals surface area contributed by atoms with Gasteiger partial charge in [0.2, 0.25) is 0 Å². The van der Waals surface area contributed by atoms with E-state index >= 15 is 0 Å². The molecule has 1 aromatic carbocycles. The summed E-state index contributed by atoms with van der Waals surface area (Å²) in [5.74, 6) is -0.926. The maximum absolute atomic E-state index is 10.6. The molecule has 1 heterocycles. The van der Waals surface area contributed by atoms with Gasteiger partial charge < -0.3 is 14.8 Å². The minimum absolute atomic E-state index is 0.116. The van der Waals surface area contributed by atoms with Crippen molar-refractivity contribution < 1.29 is 19.6 Å². The Morgan fingerprint density at radius 2 is 2.31 bits per heavy atom. The lowest BCUT2D eigenvalue weighted by molar-refractivity contribution is -0.138. The third-order valence-electron chi connectivity index (χ3n) is 2.83. The van der Waals surface area contributed by atoms with Crippen molar-refractivity contribution in [2.45, 2.75) is 25.9 Å². The molecule has 1 atom stereocenters. The second kappa shape index (κ2) is 4.27. The Balaban J connectivity index is 2.32. The van der Waals surface area contributed by atoms with Gasteiger partial charge in [-0.15, -0.1) is 0 Å². The van der Waals surface area contributed by atoms with Crippen LogP contribution in [-0.2, 0) is 15.9 Å². The van der Waals surface area contributed by atoms with Crippen molar-refractivity contribution in [3.8, 4) is 0 Å². The molecular weight excluding hydrogens is 207 g/mol. The molecule has 2 N–H and O–H groups in total. The highest BCUT2D eigenvalue weighted by Crippen LogP contribution is 2.26. The average molecular weight is 220 g/mol. The number of benzene rings is 1. The molecule has 0 aliphatic carbocycles. The molecule has 5 heteroatoms. The number of hydrogen-bond acceptors (Lipinski definition) is 3. The number of fused-ring (bicyclic) bond motifs is 1. The van der Waals surface area contributed by atoms with Crippen molar-refractivity contribution in [3.05, 3.63) is 29.3 Å². The van der Waals surface area contributed by atoms with Gasteiger partial charge in [-0.1, -0.05) is 25.1 Å². The third-order valence-corrected chi connectivity index (χ3v) is 2.83. The summed E-state index contributed by atoms with van der Waals surface area (Å²) in [4.78, 5) is 10.6. The normalized spacial score (nSPS) is 18.6.